The van der Waals surface area contributed by atoms with E-state index in [9.17, 15) is 9.59 Å². The van der Waals surface area contributed by atoms with E-state index in [1.165, 1.54) is 25.7 Å². The zero-order chi connectivity index (χ0) is 42.1. The smallest absolute Gasteiger partial charge is 0.306 e. The van der Waals surface area contributed by atoms with Crippen molar-refractivity contribution < 1.29 is 23.8 Å². The number of carbonyl (C=O) groups excluding carboxylic acids is 2. The van der Waals surface area contributed by atoms with Gasteiger partial charge in [-0.05, 0) is 103 Å². The number of carbonyl (C=O) groups is 2. The van der Waals surface area contributed by atoms with Gasteiger partial charge in [0, 0.05) is 19.4 Å². The lowest BCUT2D eigenvalue weighted by Crippen LogP contribution is -2.30. The van der Waals surface area contributed by atoms with Crippen molar-refractivity contribution in [2.24, 2.45) is 0 Å². The van der Waals surface area contributed by atoms with E-state index in [2.05, 4.69) is 142 Å². The van der Waals surface area contributed by atoms with E-state index in [1.807, 2.05) is 0 Å². The molecule has 0 aliphatic carbocycles. The summed E-state index contributed by atoms with van der Waals surface area (Å²) >= 11 is 0. The summed E-state index contributed by atoms with van der Waals surface area (Å²) in [5.41, 5.74) is 0. The second kappa shape index (κ2) is 47.7. The SMILES string of the molecule is CC/C=C\C/C=C\C/C=C\C/C=C\C/C=C\C/C=C\CCCOCC(COC(=O)CCCC/C=C\C/C=C\C/C=C\C/C=C\CC)OC(=O)CCCCCCCCC. The lowest BCUT2D eigenvalue weighted by atomic mass is 10.1. The van der Waals surface area contributed by atoms with Crippen LogP contribution in [0.25, 0.3) is 0 Å². The molecule has 0 aliphatic heterocycles. The number of esters is 2. The molecule has 326 valence electrons. The van der Waals surface area contributed by atoms with Gasteiger partial charge in [0.2, 0.25) is 0 Å². The first-order chi connectivity index (χ1) is 28.6. The first-order valence-corrected chi connectivity index (χ1v) is 23.1. The Kier molecular flexibility index (Phi) is 44.6. The predicted molar refractivity (Wildman–Crippen MR) is 251 cm³/mol. The van der Waals surface area contributed by atoms with E-state index in [0.717, 1.165) is 116 Å². The van der Waals surface area contributed by atoms with Crippen LogP contribution in [0.4, 0.5) is 0 Å². The van der Waals surface area contributed by atoms with Crippen LogP contribution in [0.3, 0.4) is 0 Å². The fraction of sp³-hybridized carbons (Fsp3) is 0.585. The van der Waals surface area contributed by atoms with E-state index in [-0.39, 0.29) is 25.2 Å². The van der Waals surface area contributed by atoms with Crippen LogP contribution in [0.1, 0.15) is 175 Å². The quantitative estimate of drug-likeness (QED) is 0.0351. The van der Waals surface area contributed by atoms with Gasteiger partial charge in [0.05, 0.1) is 6.61 Å². The molecule has 58 heavy (non-hydrogen) atoms. The zero-order valence-electron chi connectivity index (χ0n) is 37.3. The van der Waals surface area contributed by atoms with E-state index in [0.29, 0.717) is 19.4 Å². The van der Waals surface area contributed by atoms with E-state index >= 15 is 0 Å². The van der Waals surface area contributed by atoms with Crippen molar-refractivity contribution >= 4 is 11.9 Å². The largest absolute Gasteiger partial charge is 0.462 e. The van der Waals surface area contributed by atoms with Gasteiger partial charge in [-0.3, -0.25) is 9.59 Å². The summed E-state index contributed by atoms with van der Waals surface area (Å²) in [6, 6.07) is 0. The fourth-order valence-corrected chi connectivity index (χ4v) is 5.63. The van der Waals surface area contributed by atoms with Crippen molar-refractivity contribution in [2.45, 2.75) is 181 Å². The minimum absolute atomic E-state index is 0.0333. The van der Waals surface area contributed by atoms with Crippen LogP contribution in [-0.4, -0.2) is 37.9 Å². The Balaban J connectivity index is 4.35. The molecule has 5 heteroatoms. The molecule has 1 unspecified atom stereocenters. The molecule has 0 aromatic rings. The highest BCUT2D eigenvalue weighted by molar-refractivity contribution is 5.70. The van der Waals surface area contributed by atoms with Crippen LogP contribution in [-0.2, 0) is 23.8 Å². The van der Waals surface area contributed by atoms with Gasteiger partial charge in [-0.2, -0.15) is 0 Å². The molecule has 0 rings (SSSR count). The van der Waals surface area contributed by atoms with Crippen molar-refractivity contribution in [3.8, 4) is 0 Å². The molecule has 0 aromatic carbocycles. The normalized spacial score (nSPS) is 13.4. The third-order valence-electron chi connectivity index (χ3n) is 8.99. The lowest BCUT2D eigenvalue weighted by Gasteiger charge is -2.18. The summed E-state index contributed by atoms with van der Waals surface area (Å²) in [6.45, 7) is 7.34. The van der Waals surface area contributed by atoms with Gasteiger partial charge in [-0.1, -0.05) is 181 Å². The molecule has 0 amide bonds. The van der Waals surface area contributed by atoms with Gasteiger partial charge in [-0.25, -0.2) is 0 Å². The minimum atomic E-state index is -0.587. The number of rotatable bonds is 40. The molecule has 0 fully saturated rings. The van der Waals surface area contributed by atoms with Gasteiger partial charge >= 0.3 is 11.9 Å². The summed E-state index contributed by atoms with van der Waals surface area (Å²) < 4.78 is 17.2. The van der Waals surface area contributed by atoms with Crippen LogP contribution >= 0.6 is 0 Å². The van der Waals surface area contributed by atoms with Gasteiger partial charge in [0.25, 0.3) is 0 Å². The molecular formula is C53H84O5. The summed E-state index contributed by atoms with van der Waals surface area (Å²) in [7, 11) is 0. The topological polar surface area (TPSA) is 61.8 Å². The van der Waals surface area contributed by atoms with E-state index in [1.54, 1.807) is 0 Å². The summed E-state index contributed by atoms with van der Waals surface area (Å²) in [6.07, 6.45) is 66.5. The zero-order valence-corrected chi connectivity index (χ0v) is 37.3. The number of hydrogen-bond donors (Lipinski definition) is 0. The van der Waals surface area contributed by atoms with Gasteiger partial charge in [0.1, 0.15) is 6.61 Å². The van der Waals surface area contributed by atoms with Crippen molar-refractivity contribution in [1.29, 1.82) is 0 Å². The second-order valence-electron chi connectivity index (χ2n) is 14.5. The Morgan fingerprint density at radius 1 is 0.397 bits per heavy atom. The first kappa shape index (κ1) is 54.3. The summed E-state index contributed by atoms with van der Waals surface area (Å²) in [5, 5.41) is 0. The van der Waals surface area contributed by atoms with Crippen LogP contribution in [0.5, 0.6) is 0 Å². The minimum Gasteiger partial charge on any atom is -0.462 e. The maximum Gasteiger partial charge on any atom is 0.306 e. The van der Waals surface area contributed by atoms with Gasteiger partial charge in [-0.15, -0.1) is 0 Å². The highest BCUT2D eigenvalue weighted by Gasteiger charge is 2.17. The molecule has 0 heterocycles. The Labute approximate surface area is 356 Å². The second-order valence-corrected chi connectivity index (χ2v) is 14.5. The number of allylic oxidation sites excluding steroid dienone is 20. The third kappa shape index (κ3) is 45.0. The lowest BCUT2D eigenvalue weighted by molar-refractivity contribution is -0.163. The summed E-state index contributed by atoms with van der Waals surface area (Å²) in [5.74, 6) is -0.495. The Morgan fingerprint density at radius 2 is 0.776 bits per heavy atom. The fourth-order valence-electron chi connectivity index (χ4n) is 5.63. The van der Waals surface area contributed by atoms with Crippen molar-refractivity contribution in [3.05, 3.63) is 122 Å². The molecule has 0 spiro atoms. The van der Waals surface area contributed by atoms with E-state index < -0.39 is 6.10 Å². The van der Waals surface area contributed by atoms with Crippen LogP contribution in [0, 0.1) is 0 Å². The average Bonchev–Trinajstić information content (AvgIpc) is 3.22. The highest BCUT2D eigenvalue weighted by atomic mass is 16.6. The predicted octanol–water partition coefficient (Wildman–Crippen LogP) is 15.4. The van der Waals surface area contributed by atoms with Gasteiger partial charge < -0.3 is 14.2 Å². The van der Waals surface area contributed by atoms with Gasteiger partial charge in [0.15, 0.2) is 6.10 Å². The van der Waals surface area contributed by atoms with E-state index in [4.69, 9.17) is 14.2 Å². The Bertz CT molecular complexity index is 1220. The molecule has 0 saturated carbocycles. The van der Waals surface area contributed by atoms with Crippen LogP contribution < -0.4 is 0 Å². The van der Waals surface area contributed by atoms with Crippen LogP contribution in [0.2, 0.25) is 0 Å². The Morgan fingerprint density at radius 3 is 1.24 bits per heavy atom. The molecule has 0 N–H and O–H groups in total. The standard InChI is InChI=1S/C53H84O5/c1-4-7-10-13-16-18-20-22-24-25-26-27-28-30-32-34-36-39-42-45-48-56-49-51(58-53(55)47-44-41-37-15-12-9-6-3)50-57-52(54)46-43-40-38-35-33-31-29-23-21-19-17-14-11-8-5-2/h7-8,10-11,16-19,22-24,26-27,29-30,32-33,35-36,39,51H,4-6,9,12-15,20-21,25,28,31,34,37-38,40-50H2,1-3H3/b10-7-,11-8-,18-16-,19-17-,24-22-,27-26-,29-23-,32-30-,35-33-,39-36-. The summed E-state index contributed by atoms with van der Waals surface area (Å²) in [4.78, 5) is 25.1. The number of unbranched alkanes of at least 4 members (excludes halogenated alkanes) is 9. The molecule has 0 radical (unpaired) electrons. The monoisotopic (exact) mass is 801 g/mol. The molecule has 0 aromatic heterocycles. The molecule has 0 bridgehead atoms. The molecule has 1 atom stereocenters. The Hall–Kier alpha value is -3.70. The number of ether oxygens (including phenoxy) is 3. The maximum absolute atomic E-state index is 12.6. The first-order valence-electron chi connectivity index (χ1n) is 23.1. The molecule has 0 aliphatic rings. The molecule has 0 saturated heterocycles. The third-order valence-corrected chi connectivity index (χ3v) is 8.99. The van der Waals surface area contributed by atoms with Crippen LogP contribution in [0.15, 0.2) is 122 Å². The van der Waals surface area contributed by atoms with Crippen molar-refractivity contribution in [3.63, 3.8) is 0 Å². The van der Waals surface area contributed by atoms with Crippen molar-refractivity contribution in [1.82, 2.24) is 0 Å². The maximum atomic E-state index is 12.6. The average molecular weight is 801 g/mol. The highest BCUT2D eigenvalue weighted by Crippen LogP contribution is 2.11. The van der Waals surface area contributed by atoms with Crippen molar-refractivity contribution in [2.75, 3.05) is 19.8 Å². The molecular weight excluding hydrogens is 717 g/mol. The number of hydrogen-bond acceptors (Lipinski definition) is 5. The molecule has 5 nitrogen and oxygen atoms in total.